The van der Waals surface area contributed by atoms with Gasteiger partial charge in [0, 0.05) is 50.8 Å². The van der Waals surface area contributed by atoms with Crippen LogP contribution in [0.2, 0.25) is 0 Å². The quantitative estimate of drug-likeness (QED) is 0.674. The molecule has 2 aliphatic rings. The second kappa shape index (κ2) is 10.6. The Balaban J connectivity index is 1.31. The summed E-state index contributed by atoms with van der Waals surface area (Å²) in [6.07, 6.45) is 2.83. The molecule has 0 saturated carbocycles. The Morgan fingerprint density at radius 1 is 1.15 bits per heavy atom. The summed E-state index contributed by atoms with van der Waals surface area (Å²) in [6.45, 7) is 11.7. The molecule has 2 aromatic rings. The molecule has 186 valence electrons. The van der Waals surface area contributed by atoms with Crippen molar-refractivity contribution in [2.75, 3.05) is 37.6 Å². The molecule has 0 aliphatic carbocycles. The number of carbonyl (C=O) groups is 2. The van der Waals surface area contributed by atoms with Crippen LogP contribution in [0, 0.1) is 0 Å². The van der Waals surface area contributed by atoms with Crippen molar-refractivity contribution >= 4 is 29.1 Å². The number of aromatic nitrogens is 1. The maximum absolute atomic E-state index is 13.1. The molecule has 9 heteroatoms. The Labute approximate surface area is 201 Å². The minimum atomic E-state index is -0.270. The number of fused-ring (bicyclic) bond motifs is 1. The van der Waals surface area contributed by atoms with Crippen molar-refractivity contribution in [3.63, 3.8) is 0 Å². The molecule has 2 fully saturated rings. The number of para-hydroxylation sites is 2. The summed E-state index contributed by atoms with van der Waals surface area (Å²) >= 11 is 0. The Bertz CT molecular complexity index is 947. The van der Waals surface area contributed by atoms with Gasteiger partial charge in [-0.05, 0) is 59.1 Å². The number of nitrogens with zero attached hydrogens (tertiary/aromatic N) is 4. The van der Waals surface area contributed by atoms with Crippen molar-refractivity contribution in [2.24, 2.45) is 0 Å². The third kappa shape index (κ3) is 5.46. The second-order valence-corrected chi connectivity index (χ2v) is 9.91. The van der Waals surface area contributed by atoms with Crippen molar-refractivity contribution in [1.29, 1.82) is 0 Å². The molecule has 9 nitrogen and oxygen atoms in total. The number of piperazine rings is 1. The Kier molecular flexibility index (Phi) is 7.60. The van der Waals surface area contributed by atoms with Crippen molar-refractivity contribution in [1.82, 2.24) is 25.4 Å². The van der Waals surface area contributed by atoms with Crippen LogP contribution in [-0.4, -0.2) is 83.6 Å². The molecule has 0 unspecified atom stereocenters. The number of carbonyl (C=O) groups excluding carboxylic acids is 2. The summed E-state index contributed by atoms with van der Waals surface area (Å²) < 4.78 is 5.96. The van der Waals surface area contributed by atoms with Crippen LogP contribution >= 0.6 is 0 Å². The first kappa shape index (κ1) is 24.3. The number of hydrogen-bond donors (Lipinski definition) is 2. The first-order valence-corrected chi connectivity index (χ1v) is 12.5. The highest BCUT2D eigenvalue weighted by molar-refractivity contribution is 5.85. The van der Waals surface area contributed by atoms with Crippen LogP contribution in [-0.2, 0) is 4.79 Å². The highest BCUT2D eigenvalue weighted by atomic mass is 16.4. The summed E-state index contributed by atoms with van der Waals surface area (Å²) in [5.41, 5.74) is 1.55. The molecule has 0 bridgehead atoms. The van der Waals surface area contributed by atoms with Gasteiger partial charge in [-0.3, -0.25) is 9.69 Å². The van der Waals surface area contributed by atoms with Gasteiger partial charge in [0.2, 0.25) is 5.91 Å². The van der Waals surface area contributed by atoms with Gasteiger partial charge >= 0.3 is 6.03 Å². The Morgan fingerprint density at radius 3 is 2.59 bits per heavy atom. The molecular weight excluding hydrogens is 432 g/mol. The highest BCUT2D eigenvalue weighted by Crippen LogP contribution is 2.27. The van der Waals surface area contributed by atoms with E-state index in [1.165, 1.54) is 0 Å². The number of piperidine rings is 1. The Hall–Kier alpha value is -2.81. The number of anilines is 1. The fourth-order valence-corrected chi connectivity index (χ4v) is 5.14. The maximum atomic E-state index is 13.1. The summed E-state index contributed by atoms with van der Waals surface area (Å²) in [5, 5.41) is 6.13. The zero-order valence-electron chi connectivity index (χ0n) is 20.8. The molecule has 3 amide bonds. The molecule has 0 spiro atoms. The van der Waals surface area contributed by atoms with Gasteiger partial charge in [-0.2, -0.15) is 4.98 Å². The van der Waals surface area contributed by atoms with E-state index >= 15 is 0 Å². The van der Waals surface area contributed by atoms with E-state index in [-0.39, 0.29) is 36.1 Å². The first-order chi connectivity index (χ1) is 16.3. The summed E-state index contributed by atoms with van der Waals surface area (Å²) in [4.78, 5) is 36.4. The SMILES string of the molecule is CC(C)NC(=O)N1C[C@@H](C)N(CCNC(=O)[C@@H]2CCCCN2c2nc3ccccc3o2)[C@@H](C)C1. The minimum Gasteiger partial charge on any atom is -0.423 e. The zero-order chi connectivity index (χ0) is 24.2. The van der Waals surface area contributed by atoms with Crippen LogP contribution < -0.4 is 15.5 Å². The summed E-state index contributed by atoms with van der Waals surface area (Å²) in [6, 6.07) is 8.53. The molecular formula is C25H38N6O3. The van der Waals surface area contributed by atoms with Crippen molar-refractivity contribution in [3.05, 3.63) is 24.3 Å². The third-order valence-electron chi connectivity index (χ3n) is 6.80. The van der Waals surface area contributed by atoms with Crippen molar-refractivity contribution in [3.8, 4) is 0 Å². The smallest absolute Gasteiger partial charge is 0.317 e. The lowest BCUT2D eigenvalue weighted by molar-refractivity contribution is -0.123. The number of hydrogen-bond acceptors (Lipinski definition) is 6. The van der Waals surface area contributed by atoms with E-state index in [1.54, 1.807) is 0 Å². The third-order valence-corrected chi connectivity index (χ3v) is 6.80. The van der Waals surface area contributed by atoms with Gasteiger partial charge in [-0.1, -0.05) is 12.1 Å². The number of rotatable bonds is 6. The van der Waals surface area contributed by atoms with Crippen molar-refractivity contribution in [2.45, 2.75) is 71.1 Å². The van der Waals surface area contributed by atoms with E-state index in [4.69, 9.17) is 4.42 Å². The number of urea groups is 1. The minimum absolute atomic E-state index is 0.00163. The predicted octanol–water partition coefficient (Wildman–Crippen LogP) is 2.82. The topological polar surface area (TPSA) is 94.0 Å². The largest absolute Gasteiger partial charge is 0.423 e. The number of amides is 3. The lowest BCUT2D eigenvalue weighted by atomic mass is 10.0. The van der Waals surface area contributed by atoms with Gasteiger partial charge in [0.1, 0.15) is 11.6 Å². The zero-order valence-corrected chi connectivity index (χ0v) is 20.8. The summed E-state index contributed by atoms with van der Waals surface area (Å²) in [5.74, 6) is 0.0252. The van der Waals surface area contributed by atoms with Crippen LogP contribution in [0.3, 0.4) is 0 Å². The standard InChI is InChI=1S/C25H38N6O3/c1-17(2)27-24(33)29-15-18(3)30(19(4)16-29)14-12-26-23(32)21-10-7-8-13-31(21)25-28-20-9-5-6-11-22(20)34-25/h5-6,9,11,17-19,21H,7-8,10,12-16H2,1-4H3,(H,26,32)(H,27,33)/t18-,19+,21-/m0/s1. The number of benzene rings is 1. The van der Waals surface area contributed by atoms with E-state index in [2.05, 4.69) is 34.4 Å². The number of nitrogens with one attached hydrogen (secondary N) is 2. The second-order valence-electron chi connectivity index (χ2n) is 9.91. The van der Waals surface area contributed by atoms with E-state index < -0.39 is 0 Å². The van der Waals surface area contributed by atoms with Crippen molar-refractivity contribution < 1.29 is 14.0 Å². The lowest BCUT2D eigenvalue weighted by Gasteiger charge is -2.44. The van der Waals surface area contributed by atoms with Crippen LogP contribution in [0.15, 0.2) is 28.7 Å². The summed E-state index contributed by atoms with van der Waals surface area (Å²) in [7, 11) is 0. The van der Waals surface area contributed by atoms with Gasteiger partial charge < -0.3 is 24.9 Å². The number of oxazole rings is 1. The molecule has 1 aromatic carbocycles. The first-order valence-electron chi connectivity index (χ1n) is 12.5. The average molecular weight is 471 g/mol. The molecule has 2 N–H and O–H groups in total. The van der Waals surface area contributed by atoms with E-state index in [0.29, 0.717) is 25.6 Å². The molecule has 3 heterocycles. The Morgan fingerprint density at radius 2 is 1.88 bits per heavy atom. The fourth-order valence-electron chi connectivity index (χ4n) is 5.14. The molecule has 1 aromatic heterocycles. The monoisotopic (exact) mass is 470 g/mol. The van der Waals surface area contributed by atoms with E-state index in [1.807, 2.05) is 47.9 Å². The van der Waals surface area contributed by atoms with Gasteiger partial charge in [0.05, 0.1) is 0 Å². The van der Waals surface area contributed by atoms with E-state index in [9.17, 15) is 9.59 Å². The maximum Gasteiger partial charge on any atom is 0.317 e. The molecule has 4 rings (SSSR count). The van der Waals surface area contributed by atoms with Gasteiger partial charge in [-0.25, -0.2) is 4.79 Å². The molecule has 2 aliphatic heterocycles. The molecule has 34 heavy (non-hydrogen) atoms. The van der Waals surface area contributed by atoms with Gasteiger partial charge in [-0.15, -0.1) is 0 Å². The van der Waals surface area contributed by atoms with Crippen LogP contribution in [0.1, 0.15) is 47.0 Å². The van der Waals surface area contributed by atoms with Crippen LogP contribution in [0.25, 0.3) is 11.1 Å². The average Bonchev–Trinajstić information content (AvgIpc) is 3.24. The van der Waals surface area contributed by atoms with Crippen LogP contribution in [0.4, 0.5) is 10.8 Å². The molecule has 2 saturated heterocycles. The molecule has 3 atom stereocenters. The van der Waals surface area contributed by atoms with Gasteiger partial charge in [0.25, 0.3) is 6.01 Å². The van der Waals surface area contributed by atoms with E-state index in [0.717, 1.165) is 43.5 Å². The predicted molar refractivity (Wildman–Crippen MR) is 133 cm³/mol. The van der Waals surface area contributed by atoms with Gasteiger partial charge in [0.15, 0.2) is 5.58 Å². The lowest BCUT2D eigenvalue weighted by Crippen LogP contribution is -2.61. The molecule has 0 radical (unpaired) electrons. The fraction of sp³-hybridized carbons (Fsp3) is 0.640. The van der Waals surface area contributed by atoms with Crippen LogP contribution in [0.5, 0.6) is 0 Å². The normalized spacial score (nSPS) is 24.0. The highest BCUT2D eigenvalue weighted by Gasteiger charge is 2.34.